The molecule has 2 heterocycles. The normalized spacial score (nSPS) is 14.2. The zero-order valence-electron chi connectivity index (χ0n) is 16.9. The number of anilines is 1. The molecule has 6 nitrogen and oxygen atoms in total. The minimum Gasteiger partial charge on any atom is -0.388 e. The zero-order valence-corrected chi connectivity index (χ0v) is 16.9. The van der Waals surface area contributed by atoms with E-state index >= 15 is 0 Å². The summed E-state index contributed by atoms with van der Waals surface area (Å²) in [6, 6.07) is 5.85. The average Bonchev–Trinajstić information content (AvgIpc) is 3.05. The maximum absolute atomic E-state index is 12.9. The second-order valence-corrected chi connectivity index (χ2v) is 8.60. The number of hydrogen-bond donors (Lipinski definition) is 2. The number of aliphatic hydroxyl groups is 1. The molecule has 0 aliphatic carbocycles. The highest BCUT2D eigenvalue weighted by molar-refractivity contribution is 5.49. The van der Waals surface area contributed by atoms with E-state index in [1.165, 1.54) is 23.0 Å². The summed E-state index contributed by atoms with van der Waals surface area (Å²) >= 11 is 0. The average molecular weight is 407 g/mol. The molecule has 0 saturated heterocycles. The molecule has 0 radical (unpaired) electrons. The summed E-state index contributed by atoms with van der Waals surface area (Å²) < 4.78 is 40.2. The Bertz CT molecular complexity index is 998. The summed E-state index contributed by atoms with van der Waals surface area (Å²) in [4.78, 5) is 8.66. The SMILES string of the molecule is CC(C)(C)c1cc(N[C@H](c2ccc(C(F)(F)F)cc2)C(C)(C)O)n2ncnc2n1. The van der Waals surface area contributed by atoms with Crippen LogP contribution in [0.2, 0.25) is 0 Å². The van der Waals surface area contributed by atoms with Crippen LogP contribution >= 0.6 is 0 Å². The summed E-state index contributed by atoms with van der Waals surface area (Å²) in [7, 11) is 0. The van der Waals surface area contributed by atoms with E-state index in [2.05, 4.69) is 20.4 Å². The van der Waals surface area contributed by atoms with Gasteiger partial charge in [0.15, 0.2) is 0 Å². The lowest BCUT2D eigenvalue weighted by Gasteiger charge is -2.32. The number of benzene rings is 1. The Morgan fingerprint density at radius 1 is 1.03 bits per heavy atom. The Labute approximate surface area is 166 Å². The molecule has 0 spiro atoms. The van der Waals surface area contributed by atoms with Crippen molar-refractivity contribution in [3.05, 3.63) is 53.5 Å². The molecule has 2 N–H and O–H groups in total. The second-order valence-electron chi connectivity index (χ2n) is 8.60. The fraction of sp³-hybridized carbons (Fsp3) is 0.450. The molecule has 0 unspecified atom stereocenters. The van der Waals surface area contributed by atoms with Crippen molar-refractivity contribution in [3.8, 4) is 0 Å². The Hall–Kier alpha value is -2.68. The van der Waals surface area contributed by atoms with Crippen LogP contribution in [0.15, 0.2) is 36.7 Å². The molecular formula is C20H24F3N5O. The van der Waals surface area contributed by atoms with Gasteiger partial charge in [-0.1, -0.05) is 32.9 Å². The van der Waals surface area contributed by atoms with Gasteiger partial charge in [-0.05, 0) is 31.5 Å². The zero-order chi connectivity index (χ0) is 21.6. The van der Waals surface area contributed by atoms with Gasteiger partial charge < -0.3 is 10.4 Å². The van der Waals surface area contributed by atoms with Crippen molar-refractivity contribution in [1.29, 1.82) is 0 Å². The van der Waals surface area contributed by atoms with E-state index in [0.717, 1.165) is 17.8 Å². The Morgan fingerprint density at radius 3 is 2.17 bits per heavy atom. The number of aromatic nitrogens is 4. The van der Waals surface area contributed by atoms with Gasteiger partial charge in [-0.15, -0.1) is 0 Å². The molecule has 2 aromatic heterocycles. The third-order valence-electron chi connectivity index (χ3n) is 4.59. The van der Waals surface area contributed by atoms with E-state index in [0.29, 0.717) is 17.2 Å². The summed E-state index contributed by atoms with van der Waals surface area (Å²) in [5.74, 6) is 0.922. The van der Waals surface area contributed by atoms with Crippen molar-refractivity contribution >= 4 is 11.6 Å². The van der Waals surface area contributed by atoms with Crippen LogP contribution in [0.4, 0.5) is 19.0 Å². The molecule has 0 saturated carbocycles. The third kappa shape index (κ3) is 4.50. The van der Waals surface area contributed by atoms with Crippen molar-refractivity contribution in [2.24, 2.45) is 0 Å². The summed E-state index contributed by atoms with van der Waals surface area (Å²) in [5, 5.41) is 18.1. The highest BCUT2D eigenvalue weighted by atomic mass is 19.4. The minimum absolute atomic E-state index is 0.261. The Balaban J connectivity index is 2.06. The summed E-state index contributed by atoms with van der Waals surface area (Å²) in [6.45, 7) is 9.21. The maximum Gasteiger partial charge on any atom is 0.416 e. The van der Waals surface area contributed by atoms with Gasteiger partial charge in [0.2, 0.25) is 0 Å². The standard InChI is InChI=1S/C20H24F3N5O/c1-18(2,3)14-10-15(28-17(26-14)24-11-25-28)27-16(19(4,5)29)12-6-8-13(9-7-12)20(21,22)23/h6-11,16,27,29H,1-5H3/t16-/m1/s1. The van der Waals surface area contributed by atoms with Crippen molar-refractivity contribution in [1.82, 2.24) is 19.6 Å². The molecule has 156 valence electrons. The topological polar surface area (TPSA) is 75.3 Å². The van der Waals surface area contributed by atoms with Gasteiger partial charge in [-0.25, -0.2) is 4.98 Å². The molecular weight excluding hydrogens is 383 g/mol. The van der Waals surface area contributed by atoms with Gasteiger partial charge in [-0.3, -0.25) is 0 Å². The fourth-order valence-electron chi connectivity index (χ4n) is 2.98. The summed E-state index contributed by atoms with van der Waals surface area (Å²) in [6.07, 6.45) is -3.05. The number of fused-ring (bicyclic) bond motifs is 1. The smallest absolute Gasteiger partial charge is 0.388 e. The first-order valence-corrected chi connectivity index (χ1v) is 9.14. The first-order chi connectivity index (χ1) is 13.3. The molecule has 0 aliphatic rings. The van der Waals surface area contributed by atoms with Gasteiger partial charge in [0.05, 0.1) is 22.9 Å². The van der Waals surface area contributed by atoms with E-state index in [-0.39, 0.29) is 5.41 Å². The van der Waals surface area contributed by atoms with Gasteiger partial charge in [-0.2, -0.15) is 27.8 Å². The van der Waals surface area contributed by atoms with Crippen LogP contribution in [-0.4, -0.2) is 30.3 Å². The van der Waals surface area contributed by atoms with Crippen LogP contribution in [0.25, 0.3) is 5.78 Å². The van der Waals surface area contributed by atoms with E-state index in [1.54, 1.807) is 13.8 Å². The van der Waals surface area contributed by atoms with Crippen LogP contribution in [0, 0.1) is 0 Å². The molecule has 3 rings (SSSR count). The van der Waals surface area contributed by atoms with Gasteiger partial charge in [0.1, 0.15) is 12.1 Å². The fourth-order valence-corrected chi connectivity index (χ4v) is 2.98. The minimum atomic E-state index is -4.42. The lowest BCUT2D eigenvalue weighted by molar-refractivity contribution is -0.137. The molecule has 3 aromatic rings. The third-order valence-corrected chi connectivity index (χ3v) is 4.59. The second kappa shape index (κ2) is 6.98. The van der Waals surface area contributed by atoms with Crippen molar-refractivity contribution in [2.75, 3.05) is 5.32 Å². The van der Waals surface area contributed by atoms with Crippen molar-refractivity contribution in [2.45, 2.75) is 57.9 Å². The van der Waals surface area contributed by atoms with E-state index < -0.39 is 23.4 Å². The molecule has 1 aromatic carbocycles. The molecule has 0 amide bonds. The molecule has 0 aliphatic heterocycles. The first kappa shape index (κ1) is 21.0. The Morgan fingerprint density at radius 2 is 1.66 bits per heavy atom. The van der Waals surface area contributed by atoms with Crippen LogP contribution in [0.3, 0.4) is 0 Å². The molecule has 0 fully saturated rings. The highest BCUT2D eigenvalue weighted by Gasteiger charge is 2.33. The molecule has 0 bridgehead atoms. The summed E-state index contributed by atoms with van der Waals surface area (Å²) in [5.41, 5.74) is -1.01. The molecule has 29 heavy (non-hydrogen) atoms. The number of halogens is 3. The maximum atomic E-state index is 12.9. The quantitative estimate of drug-likeness (QED) is 0.672. The largest absolute Gasteiger partial charge is 0.416 e. The molecule has 9 heteroatoms. The van der Waals surface area contributed by atoms with Crippen LogP contribution in [0.5, 0.6) is 0 Å². The van der Waals surface area contributed by atoms with Gasteiger partial charge >= 0.3 is 6.18 Å². The highest BCUT2D eigenvalue weighted by Crippen LogP contribution is 2.34. The number of nitrogens with one attached hydrogen (secondary N) is 1. The van der Waals surface area contributed by atoms with Crippen LogP contribution in [0.1, 0.15) is 57.5 Å². The number of alkyl halides is 3. The van der Waals surface area contributed by atoms with E-state index in [9.17, 15) is 18.3 Å². The van der Waals surface area contributed by atoms with Crippen molar-refractivity contribution < 1.29 is 18.3 Å². The van der Waals surface area contributed by atoms with Crippen LogP contribution in [-0.2, 0) is 11.6 Å². The van der Waals surface area contributed by atoms with E-state index in [1.807, 2.05) is 26.8 Å². The predicted molar refractivity (Wildman–Crippen MR) is 104 cm³/mol. The van der Waals surface area contributed by atoms with Crippen LogP contribution < -0.4 is 5.32 Å². The predicted octanol–water partition coefficient (Wildman–Crippen LogP) is 4.36. The number of nitrogens with zero attached hydrogens (tertiary/aromatic N) is 4. The lowest BCUT2D eigenvalue weighted by atomic mass is 9.90. The Kier molecular flexibility index (Phi) is 5.06. The van der Waals surface area contributed by atoms with Gasteiger partial charge in [0, 0.05) is 11.5 Å². The van der Waals surface area contributed by atoms with Crippen molar-refractivity contribution in [3.63, 3.8) is 0 Å². The monoisotopic (exact) mass is 407 g/mol. The van der Waals surface area contributed by atoms with Gasteiger partial charge in [0.25, 0.3) is 5.78 Å². The molecule has 1 atom stereocenters. The first-order valence-electron chi connectivity index (χ1n) is 9.14. The van der Waals surface area contributed by atoms with E-state index in [4.69, 9.17) is 0 Å². The lowest BCUT2D eigenvalue weighted by Crippen LogP contribution is -2.35. The number of rotatable bonds is 4. The number of hydrogen-bond acceptors (Lipinski definition) is 5.